The molecule has 0 saturated heterocycles. The SMILES string of the molecule is CSc1cccc(CNC(=O)c2ncnn2-c2ccccc2)c1. The summed E-state index contributed by atoms with van der Waals surface area (Å²) in [4.78, 5) is 17.6. The monoisotopic (exact) mass is 324 g/mol. The molecule has 0 aliphatic heterocycles. The van der Waals surface area contributed by atoms with Gasteiger partial charge in [-0.15, -0.1) is 11.8 Å². The zero-order valence-electron chi connectivity index (χ0n) is 12.6. The molecule has 1 N–H and O–H groups in total. The minimum Gasteiger partial charge on any atom is -0.345 e. The van der Waals surface area contributed by atoms with Crippen molar-refractivity contribution in [2.45, 2.75) is 11.4 Å². The van der Waals surface area contributed by atoms with Crippen LogP contribution in [0.4, 0.5) is 0 Å². The van der Waals surface area contributed by atoms with Crippen molar-refractivity contribution in [2.24, 2.45) is 0 Å². The molecule has 1 aromatic heterocycles. The number of hydrogen-bond acceptors (Lipinski definition) is 4. The van der Waals surface area contributed by atoms with Gasteiger partial charge in [-0.2, -0.15) is 5.10 Å². The Bertz CT molecular complexity index is 801. The van der Waals surface area contributed by atoms with Crippen LogP contribution in [0.1, 0.15) is 16.2 Å². The van der Waals surface area contributed by atoms with E-state index in [4.69, 9.17) is 0 Å². The highest BCUT2D eigenvalue weighted by atomic mass is 32.2. The van der Waals surface area contributed by atoms with Gasteiger partial charge in [0.1, 0.15) is 6.33 Å². The maximum absolute atomic E-state index is 12.4. The first-order valence-corrected chi connectivity index (χ1v) is 8.37. The number of carbonyl (C=O) groups excluding carboxylic acids is 1. The number of para-hydroxylation sites is 1. The van der Waals surface area contributed by atoms with E-state index in [9.17, 15) is 4.79 Å². The zero-order valence-corrected chi connectivity index (χ0v) is 13.5. The highest BCUT2D eigenvalue weighted by molar-refractivity contribution is 7.98. The fourth-order valence-corrected chi connectivity index (χ4v) is 2.68. The first kappa shape index (κ1) is 15.3. The Balaban J connectivity index is 1.73. The van der Waals surface area contributed by atoms with Crippen LogP contribution in [0.2, 0.25) is 0 Å². The fraction of sp³-hybridized carbons (Fsp3) is 0.118. The van der Waals surface area contributed by atoms with E-state index in [2.05, 4.69) is 21.5 Å². The summed E-state index contributed by atoms with van der Waals surface area (Å²) in [7, 11) is 0. The molecule has 0 aliphatic rings. The Labute approximate surface area is 138 Å². The number of nitrogens with zero attached hydrogens (tertiary/aromatic N) is 3. The molecular formula is C17H16N4OS. The minimum absolute atomic E-state index is 0.249. The lowest BCUT2D eigenvalue weighted by molar-refractivity contribution is 0.0938. The van der Waals surface area contributed by atoms with Crippen molar-refractivity contribution >= 4 is 17.7 Å². The average Bonchev–Trinajstić information content (AvgIpc) is 3.10. The Morgan fingerprint density at radius 3 is 2.78 bits per heavy atom. The van der Waals surface area contributed by atoms with Crippen LogP contribution >= 0.6 is 11.8 Å². The van der Waals surface area contributed by atoms with E-state index in [0.717, 1.165) is 11.3 Å². The van der Waals surface area contributed by atoms with Gasteiger partial charge in [0.2, 0.25) is 5.82 Å². The standard InChI is InChI=1S/C17H16N4OS/c1-23-15-9-5-6-13(10-15)11-18-17(22)16-19-12-20-21(16)14-7-3-2-4-8-14/h2-10,12H,11H2,1H3,(H,18,22). The van der Waals surface area contributed by atoms with Crippen LogP contribution in [0, 0.1) is 0 Å². The van der Waals surface area contributed by atoms with Crippen molar-refractivity contribution in [1.29, 1.82) is 0 Å². The predicted molar refractivity (Wildman–Crippen MR) is 90.8 cm³/mol. The highest BCUT2D eigenvalue weighted by Crippen LogP contribution is 2.15. The van der Waals surface area contributed by atoms with Gasteiger partial charge in [0.15, 0.2) is 0 Å². The third-order valence-electron chi connectivity index (χ3n) is 3.34. The topological polar surface area (TPSA) is 59.8 Å². The molecule has 6 heteroatoms. The van der Waals surface area contributed by atoms with Gasteiger partial charge in [-0.1, -0.05) is 30.3 Å². The number of aromatic nitrogens is 3. The smallest absolute Gasteiger partial charge is 0.289 e. The molecular weight excluding hydrogens is 308 g/mol. The number of thioether (sulfide) groups is 1. The van der Waals surface area contributed by atoms with E-state index in [0.29, 0.717) is 6.54 Å². The van der Waals surface area contributed by atoms with Gasteiger partial charge in [-0.3, -0.25) is 4.79 Å². The fourth-order valence-electron chi connectivity index (χ4n) is 2.20. The molecule has 0 atom stereocenters. The van der Waals surface area contributed by atoms with Crippen LogP contribution in [-0.2, 0) is 6.54 Å². The Hall–Kier alpha value is -2.60. The molecule has 116 valence electrons. The van der Waals surface area contributed by atoms with E-state index >= 15 is 0 Å². The molecule has 1 heterocycles. The Morgan fingerprint density at radius 2 is 2.00 bits per heavy atom. The maximum Gasteiger partial charge on any atom is 0.289 e. The normalized spacial score (nSPS) is 10.5. The minimum atomic E-state index is -0.249. The molecule has 0 aliphatic carbocycles. The first-order chi connectivity index (χ1) is 11.3. The van der Waals surface area contributed by atoms with E-state index in [1.807, 2.05) is 54.8 Å². The summed E-state index contributed by atoms with van der Waals surface area (Å²) < 4.78 is 1.54. The van der Waals surface area contributed by atoms with Crippen molar-refractivity contribution in [1.82, 2.24) is 20.1 Å². The van der Waals surface area contributed by atoms with E-state index in [1.54, 1.807) is 11.8 Å². The molecule has 1 amide bonds. The molecule has 0 unspecified atom stereocenters. The summed E-state index contributed by atoms with van der Waals surface area (Å²) in [5.41, 5.74) is 1.86. The van der Waals surface area contributed by atoms with Gasteiger partial charge in [0.05, 0.1) is 5.69 Å². The second-order valence-corrected chi connectivity index (χ2v) is 5.74. The van der Waals surface area contributed by atoms with Crippen molar-refractivity contribution in [3.8, 4) is 5.69 Å². The van der Waals surface area contributed by atoms with Gasteiger partial charge < -0.3 is 5.32 Å². The average molecular weight is 324 g/mol. The number of benzene rings is 2. The molecule has 0 fully saturated rings. The Morgan fingerprint density at radius 1 is 1.17 bits per heavy atom. The molecule has 0 bridgehead atoms. The number of rotatable bonds is 5. The molecule has 0 saturated carbocycles. The van der Waals surface area contributed by atoms with Crippen molar-refractivity contribution in [2.75, 3.05) is 6.26 Å². The van der Waals surface area contributed by atoms with E-state index in [-0.39, 0.29) is 11.7 Å². The molecule has 2 aromatic carbocycles. The second-order valence-electron chi connectivity index (χ2n) is 4.87. The summed E-state index contributed by atoms with van der Waals surface area (Å²) in [6, 6.07) is 17.6. The lowest BCUT2D eigenvalue weighted by atomic mass is 10.2. The Kier molecular flexibility index (Phi) is 4.73. The van der Waals surface area contributed by atoms with E-state index < -0.39 is 0 Å². The number of hydrogen-bond donors (Lipinski definition) is 1. The van der Waals surface area contributed by atoms with Gasteiger partial charge >= 0.3 is 0 Å². The summed E-state index contributed by atoms with van der Waals surface area (Å²) >= 11 is 1.68. The number of amides is 1. The van der Waals surface area contributed by atoms with Crippen molar-refractivity contribution < 1.29 is 4.79 Å². The molecule has 0 radical (unpaired) electrons. The zero-order chi connectivity index (χ0) is 16.1. The quantitative estimate of drug-likeness (QED) is 0.733. The lowest BCUT2D eigenvalue weighted by Crippen LogP contribution is -2.26. The summed E-state index contributed by atoms with van der Waals surface area (Å²) in [5.74, 6) is 0.0260. The molecule has 23 heavy (non-hydrogen) atoms. The predicted octanol–water partition coefficient (Wildman–Crippen LogP) is 2.92. The van der Waals surface area contributed by atoms with Crippen LogP contribution in [0.15, 0.2) is 65.8 Å². The molecule has 3 rings (SSSR count). The highest BCUT2D eigenvalue weighted by Gasteiger charge is 2.14. The third-order valence-corrected chi connectivity index (χ3v) is 4.06. The van der Waals surface area contributed by atoms with Crippen molar-refractivity contribution in [3.63, 3.8) is 0 Å². The van der Waals surface area contributed by atoms with Crippen LogP contribution in [0.3, 0.4) is 0 Å². The van der Waals surface area contributed by atoms with Crippen LogP contribution in [0.25, 0.3) is 5.69 Å². The van der Waals surface area contributed by atoms with E-state index in [1.165, 1.54) is 15.9 Å². The maximum atomic E-state index is 12.4. The first-order valence-electron chi connectivity index (χ1n) is 7.14. The molecule has 5 nitrogen and oxygen atoms in total. The van der Waals surface area contributed by atoms with Gasteiger partial charge in [0.25, 0.3) is 5.91 Å². The number of nitrogens with one attached hydrogen (secondary N) is 1. The largest absolute Gasteiger partial charge is 0.345 e. The third kappa shape index (κ3) is 3.60. The van der Waals surface area contributed by atoms with Gasteiger partial charge in [-0.05, 0) is 36.1 Å². The summed E-state index contributed by atoms with van der Waals surface area (Å²) in [6.45, 7) is 0.453. The van der Waals surface area contributed by atoms with Crippen LogP contribution in [0.5, 0.6) is 0 Å². The van der Waals surface area contributed by atoms with Gasteiger partial charge in [0, 0.05) is 11.4 Å². The van der Waals surface area contributed by atoms with Crippen molar-refractivity contribution in [3.05, 3.63) is 72.3 Å². The molecule has 3 aromatic rings. The second kappa shape index (κ2) is 7.11. The summed E-state index contributed by atoms with van der Waals surface area (Å²) in [5, 5.41) is 7.02. The lowest BCUT2D eigenvalue weighted by Gasteiger charge is -2.08. The molecule has 0 spiro atoms. The van der Waals surface area contributed by atoms with Crippen LogP contribution < -0.4 is 5.32 Å². The van der Waals surface area contributed by atoms with Crippen LogP contribution in [-0.4, -0.2) is 26.9 Å². The van der Waals surface area contributed by atoms with Gasteiger partial charge in [-0.25, -0.2) is 9.67 Å². The number of carbonyl (C=O) groups is 1. The summed E-state index contributed by atoms with van der Waals surface area (Å²) in [6.07, 6.45) is 3.41.